The summed E-state index contributed by atoms with van der Waals surface area (Å²) >= 11 is 0. The lowest BCUT2D eigenvalue weighted by Crippen LogP contribution is -2.51. The SMILES string of the molecule is CC(C)CCC[C@@H](C)[C@H]1CC[C@H]2[C@@H]3CC=C4CC(OCCNC(=O)CN)CC[C@]4(C)[C@H]3CC[C@]12C. The van der Waals surface area contributed by atoms with Crippen LogP contribution in [-0.4, -0.2) is 31.7 Å². The van der Waals surface area contributed by atoms with E-state index >= 15 is 0 Å². The van der Waals surface area contributed by atoms with Crippen LogP contribution in [0.5, 0.6) is 0 Å². The standard InChI is InChI=1S/C31H54N2O2/c1-21(2)7-6-8-22(3)26-11-12-27-25-10-9-23-19-24(35-18-17-33-29(34)20-32)13-15-30(23,4)28(25)14-16-31(26,27)5/h9,21-22,24-28H,6-8,10-20,32H2,1-5H3,(H,33,34)/t22-,24?,25+,26-,27+,28+,30+,31-/m1/s1. The van der Waals surface area contributed by atoms with Crippen LogP contribution in [0.15, 0.2) is 11.6 Å². The summed E-state index contributed by atoms with van der Waals surface area (Å²) in [5.41, 5.74) is 7.99. The highest BCUT2D eigenvalue weighted by atomic mass is 16.5. The van der Waals surface area contributed by atoms with E-state index in [1.54, 1.807) is 5.57 Å². The van der Waals surface area contributed by atoms with E-state index in [0.717, 1.165) is 48.3 Å². The van der Waals surface area contributed by atoms with Gasteiger partial charge in [-0.2, -0.15) is 0 Å². The maximum absolute atomic E-state index is 11.4. The monoisotopic (exact) mass is 486 g/mol. The van der Waals surface area contributed by atoms with Crippen LogP contribution >= 0.6 is 0 Å². The lowest BCUT2D eigenvalue weighted by molar-refractivity contribution is -0.120. The third-order valence-electron chi connectivity index (χ3n) is 11.2. The van der Waals surface area contributed by atoms with Gasteiger partial charge in [0.1, 0.15) is 0 Å². The van der Waals surface area contributed by atoms with E-state index in [9.17, 15) is 4.79 Å². The Morgan fingerprint density at radius 3 is 2.66 bits per heavy atom. The molecule has 8 atom stereocenters. The van der Waals surface area contributed by atoms with Gasteiger partial charge < -0.3 is 15.8 Å². The molecule has 200 valence electrons. The molecule has 35 heavy (non-hydrogen) atoms. The van der Waals surface area contributed by atoms with E-state index in [1.807, 2.05) is 0 Å². The molecule has 0 heterocycles. The Labute approximate surface area is 215 Å². The fourth-order valence-electron chi connectivity index (χ4n) is 9.28. The first-order chi connectivity index (χ1) is 16.7. The average molecular weight is 487 g/mol. The Morgan fingerprint density at radius 2 is 1.91 bits per heavy atom. The summed E-state index contributed by atoms with van der Waals surface area (Å²) in [6.07, 6.45) is 17.8. The summed E-state index contributed by atoms with van der Waals surface area (Å²) in [4.78, 5) is 11.4. The van der Waals surface area contributed by atoms with Crippen LogP contribution in [0.1, 0.15) is 105 Å². The topological polar surface area (TPSA) is 64.3 Å². The smallest absolute Gasteiger partial charge is 0.233 e. The van der Waals surface area contributed by atoms with Gasteiger partial charge in [0, 0.05) is 6.54 Å². The molecule has 4 aliphatic carbocycles. The highest BCUT2D eigenvalue weighted by Gasteiger charge is 2.59. The molecule has 0 aliphatic heterocycles. The van der Waals surface area contributed by atoms with Crippen LogP contribution in [0.4, 0.5) is 0 Å². The van der Waals surface area contributed by atoms with Crippen molar-refractivity contribution < 1.29 is 9.53 Å². The van der Waals surface area contributed by atoms with E-state index in [4.69, 9.17) is 10.5 Å². The first-order valence-corrected chi connectivity index (χ1v) is 15.0. The number of carbonyl (C=O) groups excluding carboxylic acids is 1. The van der Waals surface area contributed by atoms with Crippen molar-refractivity contribution in [1.29, 1.82) is 0 Å². The van der Waals surface area contributed by atoms with Gasteiger partial charge in [-0.05, 0) is 97.7 Å². The van der Waals surface area contributed by atoms with Gasteiger partial charge in [-0.3, -0.25) is 4.79 Å². The second-order valence-corrected chi connectivity index (χ2v) is 13.6. The zero-order chi connectivity index (χ0) is 25.2. The van der Waals surface area contributed by atoms with Gasteiger partial charge in [0.15, 0.2) is 0 Å². The van der Waals surface area contributed by atoms with Crippen LogP contribution in [0.2, 0.25) is 0 Å². The molecule has 0 aromatic carbocycles. The van der Waals surface area contributed by atoms with Gasteiger partial charge in [-0.1, -0.05) is 65.5 Å². The van der Waals surface area contributed by atoms with Crippen molar-refractivity contribution in [2.24, 2.45) is 52.1 Å². The molecule has 0 radical (unpaired) electrons. The average Bonchev–Trinajstić information content (AvgIpc) is 3.18. The van der Waals surface area contributed by atoms with Crippen molar-refractivity contribution in [2.45, 2.75) is 111 Å². The van der Waals surface area contributed by atoms with Crippen LogP contribution in [0, 0.1) is 46.3 Å². The van der Waals surface area contributed by atoms with E-state index in [0.29, 0.717) is 30.1 Å². The summed E-state index contributed by atoms with van der Waals surface area (Å²) in [7, 11) is 0. The zero-order valence-electron chi connectivity index (χ0n) is 23.4. The molecule has 3 fully saturated rings. The molecule has 0 aromatic heterocycles. The van der Waals surface area contributed by atoms with Crippen molar-refractivity contribution in [3.63, 3.8) is 0 Å². The van der Waals surface area contributed by atoms with Gasteiger partial charge in [0.2, 0.25) is 5.91 Å². The highest BCUT2D eigenvalue weighted by molar-refractivity contribution is 5.77. The van der Waals surface area contributed by atoms with E-state index < -0.39 is 0 Å². The first-order valence-electron chi connectivity index (χ1n) is 15.0. The number of hydrogen-bond donors (Lipinski definition) is 2. The van der Waals surface area contributed by atoms with Crippen molar-refractivity contribution >= 4 is 5.91 Å². The Balaban J connectivity index is 1.36. The molecule has 0 aromatic rings. The zero-order valence-corrected chi connectivity index (χ0v) is 23.4. The van der Waals surface area contributed by atoms with Crippen LogP contribution in [0.25, 0.3) is 0 Å². The van der Waals surface area contributed by atoms with Crippen molar-refractivity contribution in [2.75, 3.05) is 19.7 Å². The third-order valence-corrected chi connectivity index (χ3v) is 11.2. The molecule has 1 amide bonds. The number of amides is 1. The van der Waals surface area contributed by atoms with Crippen molar-refractivity contribution in [3.8, 4) is 0 Å². The predicted molar refractivity (Wildman–Crippen MR) is 145 cm³/mol. The minimum atomic E-state index is -0.103. The Kier molecular flexibility index (Phi) is 8.74. The molecule has 4 nitrogen and oxygen atoms in total. The second kappa shape index (κ2) is 11.3. The number of nitrogens with one attached hydrogen (secondary N) is 1. The van der Waals surface area contributed by atoms with Crippen molar-refractivity contribution in [3.05, 3.63) is 11.6 Å². The molecule has 4 heteroatoms. The number of carbonyl (C=O) groups is 1. The molecule has 0 saturated heterocycles. The summed E-state index contributed by atoms with van der Waals surface area (Å²) in [6.45, 7) is 13.8. The predicted octanol–water partition coefficient (Wildman–Crippen LogP) is 6.49. The summed E-state index contributed by atoms with van der Waals surface area (Å²) < 4.78 is 6.18. The van der Waals surface area contributed by atoms with Crippen molar-refractivity contribution in [1.82, 2.24) is 5.32 Å². The number of ether oxygens (including phenoxy) is 1. The number of allylic oxidation sites excluding steroid dienone is 1. The van der Waals surface area contributed by atoms with E-state index in [-0.39, 0.29) is 12.5 Å². The highest BCUT2D eigenvalue weighted by Crippen LogP contribution is 2.67. The maximum Gasteiger partial charge on any atom is 0.233 e. The molecular weight excluding hydrogens is 432 g/mol. The van der Waals surface area contributed by atoms with E-state index in [1.165, 1.54) is 57.8 Å². The fraction of sp³-hybridized carbons (Fsp3) is 0.903. The van der Waals surface area contributed by atoms with Gasteiger partial charge in [-0.25, -0.2) is 0 Å². The van der Waals surface area contributed by atoms with Gasteiger partial charge in [0.25, 0.3) is 0 Å². The number of hydrogen-bond acceptors (Lipinski definition) is 3. The molecule has 3 N–H and O–H groups in total. The molecule has 4 rings (SSSR count). The first kappa shape index (κ1) is 27.2. The molecule has 0 bridgehead atoms. The minimum Gasteiger partial charge on any atom is -0.376 e. The number of nitrogens with two attached hydrogens (primary N) is 1. The van der Waals surface area contributed by atoms with Crippen LogP contribution in [-0.2, 0) is 9.53 Å². The Hall–Kier alpha value is -0.870. The number of rotatable bonds is 10. The van der Waals surface area contributed by atoms with Crippen LogP contribution < -0.4 is 11.1 Å². The summed E-state index contributed by atoms with van der Waals surface area (Å²) in [5, 5.41) is 2.82. The summed E-state index contributed by atoms with van der Waals surface area (Å²) in [5.74, 6) is 5.23. The van der Waals surface area contributed by atoms with Crippen LogP contribution in [0.3, 0.4) is 0 Å². The lowest BCUT2D eigenvalue weighted by Gasteiger charge is -2.58. The second-order valence-electron chi connectivity index (χ2n) is 13.6. The van der Waals surface area contributed by atoms with Gasteiger partial charge >= 0.3 is 0 Å². The van der Waals surface area contributed by atoms with Gasteiger partial charge in [-0.15, -0.1) is 0 Å². The third kappa shape index (κ3) is 5.54. The molecular formula is C31H54N2O2. The number of fused-ring (bicyclic) bond motifs is 5. The van der Waals surface area contributed by atoms with E-state index in [2.05, 4.69) is 46.0 Å². The molecule has 1 unspecified atom stereocenters. The molecule has 0 spiro atoms. The minimum absolute atomic E-state index is 0.0507. The molecule has 3 saturated carbocycles. The Morgan fingerprint density at radius 1 is 1.11 bits per heavy atom. The fourth-order valence-corrected chi connectivity index (χ4v) is 9.28. The lowest BCUT2D eigenvalue weighted by atomic mass is 9.47. The molecule has 4 aliphatic rings. The Bertz CT molecular complexity index is 763. The van der Waals surface area contributed by atoms with Gasteiger partial charge in [0.05, 0.1) is 19.3 Å². The maximum atomic E-state index is 11.4. The largest absolute Gasteiger partial charge is 0.376 e. The quantitative estimate of drug-likeness (QED) is 0.274. The summed E-state index contributed by atoms with van der Waals surface area (Å²) in [6, 6.07) is 0. The normalized spacial score (nSPS) is 39.4.